The van der Waals surface area contributed by atoms with Gasteiger partial charge in [0.05, 0.1) is 0 Å². The lowest BCUT2D eigenvalue weighted by Gasteiger charge is -2.12. The standard InChI is InChI=1S/C13H25NS/c1-11(2)14-8-12(3)9-15-10-13-6-4-5-7-13/h11,13-14H,3-10H2,1-2H3. The minimum atomic E-state index is 0.571. The van der Waals surface area contributed by atoms with Crippen LogP contribution >= 0.6 is 11.8 Å². The number of nitrogens with one attached hydrogen (secondary N) is 1. The summed E-state index contributed by atoms with van der Waals surface area (Å²) in [7, 11) is 0. The van der Waals surface area contributed by atoms with E-state index in [4.69, 9.17) is 0 Å². The lowest BCUT2D eigenvalue weighted by molar-refractivity contribution is 0.619. The maximum absolute atomic E-state index is 4.11. The molecule has 0 atom stereocenters. The molecule has 0 radical (unpaired) electrons. The second-order valence-electron chi connectivity index (χ2n) is 4.95. The maximum Gasteiger partial charge on any atom is 0.0172 e. The molecule has 0 unspecified atom stereocenters. The molecule has 1 aliphatic carbocycles. The minimum absolute atomic E-state index is 0.571. The van der Waals surface area contributed by atoms with Crippen LogP contribution in [0.4, 0.5) is 0 Å². The zero-order valence-electron chi connectivity index (χ0n) is 10.2. The third-order valence-corrected chi connectivity index (χ3v) is 4.21. The molecule has 88 valence electrons. The molecule has 0 aromatic heterocycles. The van der Waals surface area contributed by atoms with Crippen LogP contribution in [0.25, 0.3) is 0 Å². The van der Waals surface area contributed by atoms with Crippen molar-refractivity contribution < 1.29 is 0 Å². The highest BCUT2D eigenvalue weighted by Crippen LogP contribution is 2.28. The van der Waals surface area contributed by atoms with Crippen LogP contribution < -0.4 is 5.32 Å². The third-order valence-electron chi connectivity index (χ3n) is 2.89. The van der Waals surface area contributed by atoms with E-state index in [-0.39, 0.29) is 0 Å². The fraction of sp³-hybridized carbons (Fsp3) is 0.846. The summed E-state index contributed by atoms with van der Waals surface area (Å²) < 4.78 is 0. The summed E-state index contributed by atoms with van der Waals surface area (Å²) in [5, 5.41) is 3.41. The monoisotopic (exact) mass is 227 g/mol. The van der Waals surface area contributed by atoms with Crippen LogP contribution in [0.1, 0.15) is 39.5 Å². The quantitative estimate of drug-likeness (QED) is 0.668. The highest BCUT2D eigenvalue weighted by atomic mass is 32.2. The zero-order chi connectivity index (χ0) is 11.1. The predicted octanol–water partition coefficient (Wildman–Crippen LogP) is 3.46. The van der Waals surface area contributed by atoms with Gasteiger partial charge in [0, 0.05) is 18.3 Å². The van der Waals surface area contributed by atoms with E-state index in [1.807, 2.05) is 0 Å². The van der Waals surface area contributed by atoms with Crippen LogP contribution in [0.5, 0.6) is 0 Å². The molecule has 0 spiro atoms. The molecule has 0 heterocycles. The minimum Gasteiger partial charge on any atom is -0.311 e. The summed E-state index contributed by atoms with van der Waals surface area (Å²) in [4.78, 5) is 0. The van der Waals surface area contributed by atoms with Crippen LogP contribution in [-0.4, -0.2) is 24.1 Å². The van der Waals surface area contributed by atoms with Crippen molar-refractivity contribution in [1.82, 2.24) is 5.32 Å². The molecule has 1 nitrogen and oxygen atoms in total. The summed E-state index contributed by atoms with van der Waals surface area (Å²) in [5.41, 5.74) is 1.34. The zero-order valence-corrected chi connectivity index (χ0v) is 11.0. The average molecular weight is 227 g/mol. The molecule has 2 heteroatoms. The van der Waals surface area contributed by atoms with Crippen LogP contribution in [0.2, 0.25) is 0 Å². The van der Waals surface area contributed by atoms with E-state index in [9.17, 15) is 0 Å². The summed E-state index contributed by atoms with van der Waals surface area (Å²) in [6, 6.07) is 0.571. The smallest absolute Gasteiger partial charge is 0.0172 e. The van der Waals surface area contributed by atoms with E-state index in [1.54, 1.807) is 0 Å². The molecule has 1 rings (SSSR count). The van der Waals surface area contributed by atoms with Gasteiger partial charge in [0.25, 0.3) is 0 Å². The van der Waals surface area contributed by atoms with Gasteiger partial charge in [0.2, 0.25) is 0 Å². The first-order chi connectivity index (χ1) is 7.18. The van der Waals surface area contributed by atoms with Crippen molar-refractivity contribution in [2.45, 2.75) is 45.6 Å². The van der Waals surface area contributed by atoms with Crippen LogP contribution in [0.3, 0.4) is 0 Å². The summed E-state index contributed by atoms with van der Waals surface area (Å²) in [6.45, 7) is 9.45. The van der Waals surface area contributed by atoms with E-state index in [2.05, 4.69) is 37.5 Å². The molecular weight excluding hydrogens is 202 g/mol. The molecule has 1 saturated carbocycles. The first kappa shape index (κ1) is 13.1. The lowest BCUT2D eigenvalue weighted by Crippen LogP contribution is -2.25. The normalized spacial score (nSPS) is 17.5. The highest BCUT2D eigenvalue weighted by molar-refractivity contribution is 7.99. The highest BCUT2D eigenvalue weighted by Gasteiger charge is 2.14. The molecule has 0 amide bonds. The van der Waals surface area contributed by atoms with Gasteiger partial charge in [-0.1, -0.05) is 38.8 Å². The average Bonchev–Trinajstić information content (AvgIpc) is 2.67. The van der Waals surface area contributed by atoms with Gasteiger partial charge in [-0.2, -0.15) is 11.8 Å². The van der Waals surface area contributed by atoms with Crippen molar-refractivity contribution in [3.05, 3.63) is 12.2 Å². The number of hydrogen-bond acceptors (Lipinski definition) is 2. The van der Waals surface area contributed by atoms with Gasteiger partial charge in [-0.05, 0) is 24.5 Å². The molecule has 15 heavy (non-hydrogen) atoms. The van der Waals surface area contributed by atoms with Gasteiger partial charge >= 0.3 is 0 Å². The Bertz CT molecular complexity index is 183. The van der Waals surface area contributed by atoms with E-state index < -0.39 is 0 Å². The van der Waals surface area contributed by atoms with E-state index >= 15 is 0 Å². The predicted molar refractivity (Wildman–Crippen MR) is 71.6 cm³/mol. The van der Waals surface area contributed by atoms with Gasteiger partial charge in [0.15, 0.2) is 0 Å². The Balaban J connectivity index is 1.96. The fourth-order valence-electron chi connectivity index (χ4n) is 1.95. The molecule has 0 aliphatic heterocycles. The second kappa shape index (κ2) is 7.34. The Labute approximate surface area is 99.1 Å². The Morgan fingerprint density at radius 3 is 2.67 bits per heavy atom. The SMILES string of the molecule is C=C(CNC(C)C)CSCC1CCCC1. The van der Waals surface area contributed by atoms with Gasteiger partial charge in [0.1, 0.15) is 0 Å². The van der Waals surface area contributed by atoms with Crippen molar-refractivity contribution in [3.63, 3.8) is 0 Å². The van der Waals surface area contributed by atoms with Gasteiger partial charge in [-0.15, -0.1) is 0 Å². The van der Waals surface area contributed by atoms with Crippen molar-refractivity contribution >= 4 is 11.8 Å². The molecule has 1 N–H and O–H groups in total. The number of thioether (sulfide) groups is 1. The van der Waals surface area contributed by atoms with Crippen molar-refractivity contribution in [1.29, 1.82) is 0 Å². The van der Waals surface area contributed by atoms with Gasteiger partial charge in [-0.3, -0.25) is 0 Å². The molecular formula is C13H25NS. The van der Waals surface area contributed by atoms with E-state index in [1.165, 1.54) is 37.0 Å². The van der Waals surface area contributed by atoms with Gasteiger partial charge < -0.3 is 5.32 Å². The Morgan fingerprint density at radius 2 is 2.07 bits per heavy atom. The fourth-order valence-corrected chi connectivity index (χ4v) is 3.12. The third kappa shape index (κ3) is 6.26. The Kier molecular flexibility index (Phi) is 6.42. The number of rotatable bonds is 7. The molecule has 0 aromatic carbocycles. The summed E-state index contributed by atoms with van der Waals surface area (Å²) in [5.74, 6) is 3.48. The Hall–Kier alpha value is 0.0500. The summed E-state index contributed by atoms with van der Waals surface area (Å²) in [6.07, 6.45) is 5.84. The molecule has 0 saturated heterocycles. The van der Waals surface area contributed by atoms with E-state index in [0.29, 0.717) is 6.04 Å². The molecule has 0 aromatic rings. The maximum atomic E-state index is 4.11. The van der Waals surface area contributed by atoms with Crippen molar-refractivity contribution in [2.24, 2.45) is 5.92 Å². The van der Waals surface area contributed by atoms with Crippen molar-refractivity contribution in [2.75, 3.05) is 18.1 Å². The molecule has 1 fully saturated rings. The molecule has 0 bridgehead atoms. The van der Waals surface area contributed by atoms with Gasteiger partial charge in [-0.25, -0.2) is 0 Å². The topological polar surface area (TPSA) is 12.0 Å². The summed E-state index contributed by atoms with van der Waals surface area (Å²) >= 11 is 2.07. The van der Waals surface area contributed by atoms with Crippen LogP contribution in [0.15, 0.2) is 12.2 Å². The van der Waals surface area contributed by atoms with Crippen LogP contribution in [0, 0.1) is 5.92 Å². The van der Waals surface area contributed by atoms with Crippen molar-refractivity contribution in [3.8, 4) is 0 Å². The largest absolute Gasteiger partial charge is 0.311 e. The van der Waals surface area contributed by atoms with E-state index in [0.717, 1.165) is 18.2 Å². The van der Waals surface area contributed by atoms with Crippen LogP contribution in [-0.2, 0) is 0 Å². The number of hydrogen-bond donors (Lipinski definition) is 1. The molecule has 1 aliphatic rings. The lowest BCUT2D eigenvalue weighted by atomic mass is 10.1. The Morgan fingerprint density at radius 1 is 1.40 bits per heavy atom. The second-order valence-corrected chi connectivity index (χ2v) is 5.98. The first-order valence-corrected chi connectivity index (χ1v) is 7.31. The first-order valence-electron chi connectivity index (χ1n) is 6.16.